The number of nitrogens with one attached hydrogen (secondary N) is 1. The van der Waals surface area contributed by atoms with E-state index in [2.05, 4.69) is 26.4 Å². The van der Waals surface area contributed by atoms with Gasteiger partial charge in [0.25, 0.3) is 0 Å². The van der Waals surface area contributed by atoms with Gasteiger partial charge in [0.1, 0.15) is 11.6 Å². The van der Waals surface area contributed by atoms with Crippen LogP contribution in [-0.2, 0) is 0 Å². The minimum atomic E-state index is -0.518. The van der Waals surface area contributed by atoms with Crippen LogP contribution < -0.4 is 10.1 Å². The highest BCUT2D eigenvalue weighted by Crippen LogP contribution is 2.30. The number of hydrogen-bond donors (Lipinski definition) is 1. The van der Waals surface area contributed by atoms with Gasteiger partial charge in [-0.15, -0.1) is 0 Å². The summed E-state index contributed by atoms with van der Waals surface area (Å²) in [6, 6.07) is 5.32. The molecule has 0 aliphatic heterocycles. The lowest BCUT2D eigenvalue weighted by Crippen LogP contribution is -2.01. The van der Waals surface area contributed by atoms with E-state index in [1.807, 2.05) is 24.7 Å². The normalized spacial score (nSPS) is 11.0. The highest BCUT2D eigenvalue weighted by Gasteiger charge is 2.13. The van der Waals surface area contributed by atoms with Gasteiger partial charge in [-0.1, -0.05) is 11.6 Å². The van der Waals surface area contributed by atoms with Crippen LogP contribution in [0, 0.1) is 11.9 Å². The summed E-state index contributed by atoms with van der Waals surface area (Å²) in [5, 5.41) is 7.62. The van der Waals surface area contributed by atoms with Crippen molar-refractivity contribution in [2.75, 3.05) is 12.4 Å². The summed E-state index contributed by atoms with van der Waals surface area (Å²) in [6.45, 7) is 4.05. The number of ether oxygens (including phenoxy) is 1. The largest absolute Gasteiger partial charge is 0.495 e. The molecule has 0 aliphatic rings. The van der Waals surface area contributed by atoms with Gasteiger partial charge < -0.3 is 10.1 Å². The highest BCUT2D eigenvalue weighted by atomic mass is 35.5. The Morgan fingerprint density at radius 2 is 2.16 bits per heavy atom. The van der Waals surface area contributed by atoms with Crippen LogP contribution in [0.4, 0.5) is 16.0 Å². The van der Waals surface area contributed by atoms with Crippen LogP contribution in [0.3, 0.4) is 0 Å². The van der Waals surface area contributed by atoms with Crippen LogP contribution in [0.5, 0.6) is 5.75 Å². The maximum atomic E-state index is 13.4. The molecule has 25 heavy (non-hydrogen) atoms. The summed E-state index contributed by atoms with van der Waals surface area (Å²) in [6.07, 6.45) is 5.03. The molecule has 0 spiro atoms. The van der Waals surface area contributed by atoms with Gasteiger partial charge in [0, 0.05) is 29.9 Å². The van der Waals surface area contributed by atoms with E-state index in [0.29, 0.717) is 22.2 Å². The monoisotopic (exact) mass is 360 g/mol. The fourth-order valence-corrected chi connectivity index (χ4v) is 2.41. The number of aromatic nitrogens is 4. The second-order valence-electron chi connectivity index (χ2n) is 5.58. The molecule has 2 aromatic heterocycles. The van der Waals surface area contributed by atoms with E-state index in [9.17, 15) is 4.39 Å². The summed E-state index contributed by atoms with van der Waals surface area (Å²) in [4.78, 5) is 8.56. The Bertz CT molecular complexity index is 896. The summed E-state index contributed by atoms with van der Waals surface area (Å²) in [5.41, 5.74) is 1.70. The Labute approximate surface area is 149 Å². The zero-order valence-electron chi connectivity index (χ0n) is 13.9. The van der Waals surface area contributed by atoms with Gasteiger partial charge in [0.05, 0.1) is 35.9 Å². The molecule has 0 amide bonds. The fourth-order valence-electron chi connectivity index (χ4n) is 2.21. The van der Waals surface area contributed by atoms with Crippen molar-refractivity contribution in [2.45, 2.75) is 19.9 Å². The van der Waals surface area contributed by atoms with Gasteiger partial charge in [0.15, 0.2) is 0 Å². The highest BCUT2D eigenvalue weighted by molar-refractivity contribution is 6.32. The zero-order valence-corrected chi connectivity index (χ0v) is 14.7. The number of nitrogens with zero attached hydrogens (tertiary/aromatic N) is 4. The molecule has 1 radical (unpaired) electrons. The maximum Gasteiger partial charge on any atom is 0.227 e. The molecule has 0 aliphatic carbocycles. The summed E-state index contributed by atoms with van der Waals surface area (Å²) < 4.78 is 20.4. The molecule has 129 valence electrons. The molecule has 1 aromatic carbocycles. The molecule has 1 N–H and O–H groups in total. The van der Waals surface area contributed by atoms with Gasteiger partial charge in [-0.3, -0.25) is 4.68 Å². The molecule has 0 bridgehead atoms. The van der Waals surface area contributed by atoms with Crippen molar-refractivity contribution in [3.05, 3.63) is 47.6 Å². The first-order chi connectivity index (χ1) is 12.0. The third kappa shape index (κ3) is 3.71. The molecule has 0 fully saturated rings. The van der Waals surface area contributed by atoms with E-state index in [-0.39, 0.29) is 12.0 Å². The third-order valence-corrected chi connectivity index (χ3v) is 3.77. The number of hydrogen-bond acceptors (Lipinski definition) is 5. The van der Waals surface area contributed by atoms with Crippen LogP contribution in [0.2, 0.25) is 5.02 Å². The van der Waals surface area contributed by atoms with E-state index in [4.69, 9.17) is 16.3 Å². The predicted molar refractivity (Wildman–Crippen MR) is 93.7 cm³/mol. The zero-order chi connectivity index (χ0) is 18.0. The molecule has 0 saturated carbocycles. The van der Waals surface area contributed by atoms with Crippen molar-refractivity contribution < 1.29 is 9.13 Å². The van der Waals surface area contributed by atoms with E-state index < -0.39 is 5.82 Å². The van der Waals surface area contributed by atoms with Gasteiger partial charge >= 0.3 is 0 Å². The Morgan fingerprint density at radius 1 is 1.36 bits per heavy atom. The molecule has 8 heteroatoms. The van der Waals surface area contributed by atoms with Crippen molar-refractivity contribution in [1.29, 1.82) is 0 Å². The summed E-state index contributed by atoms with van der Waals surface area (Å²) in [7, 11) is 1.49. The van der Waals surface area contributed by atoms with Gasteiger partial charge in [-0.2, -0.15) is 5.10 Å². The molecule has 0 saturated heterocycles. The topological polar surface area (TPSA) is 64.9 Å². The average Bonchev–Trinajstić information content (AvgIpc) is 3.07. The number of methoxy groups -OCH3 is 1. The van der Waals surface area contributed by atoms with E-state index in [1.54, 1.807) is 6.20 Å². The number of halogens is 2. The summed E-state index contributed by atoms with van der Waals surface area (Å²) >= 11 is 6.23. The quantitative estimate of drug-likeness (QED) is 0.736. The molecular weight excluding hydrogens is 345 g/mol. The van der Waals surface area contributed by atoms with Crippen LogP contribution >= 0.6 is 11.6 Å². The Balaban J connectivity index is 1.95. The second kappa shape index (κ2) is 7.06. The lowest BCUT2D eigenvalue weighted by atomic mass is 10.2. The standard InChI is InChI=1S/C17H16ClFN5O/c1-10(2)24-9-11(7-21-24)16-13(18)8-20-17(23-16)22-14-6-12(19)4-5-15(14)25-3/h5-10H,1-3H3,(H,20,22,23). The van der Waals surface area contributed by atoms with Gasteiger partial charge in [0.2, 0.25) is 5.95 Å². The molecule has 3 rings (SSSR count). The van der Waals surface area contributed by atoms with Crippen molar-refractivity contribution in [3.8, 4) is 17.0 Å². The van der Waals surface area contributed by atoms with Crippen molar-refractivity contribution in [3.63, 3.8) is 0 Å². The summed E-state index contributed by atoms with van der Waals surface area (Å²) in [5.74, 6) is 0.172. The fraction of sp³-hybridized carbons (Fsp3) is 0.235. The molecule has 3 aromatic rings. The van der Waals surface area contributed by atoms with Crippen LogP contribution in [0.25, 0.3) is 11.3 Å². The maximum absolute atomic E-state index is 13.4. The van der Waals surface area contributed by atoms with Crippen LogP contribution in [-0.4, -0.2) is 26.9 Å². The minimum Gasteiger partial charge on any atom is -0.495 e. The molecule has 2 heterocycles. The number of anilines is 2. The van der Waals surface area contributed by atoms with Crippen molar-refractivity contribution in [2.24, 2.45) is 0 Å². The first-order valence-electron chi connectivity index (χ1n) is 7.57. The Morgan fingerprint density at radius 3 is 2.84 bits per heavy atom. The van der Waals surface area contributed by atoms with E-state index in [0.717, 1.165) is 5.56 Å². The van der Waals surface area contributed by atoms with Crippen molar-refractivity contribution >= 4 is 23.2 Å². The SMILES string of the molecule is COc1c[c]c(F)cc1Nc1ncc(Cl)c(-c2cnn(C(C)C)c2)n1. The Hall–Kier alpha value is -2.67. The number of benzene rings is 1. The molecule has 0 unspecified atom stereocenters. The van der Waals surface area contributed by atoms with E-state index >= 15 is 0 Å². The second-order valence-corrected chi connectivity index (χ2v) is 5.99. The van der Waals surface area contributed by atoms with E-state index in [1.165, 1.54) is 25.4 Å². The first kappa shape index (κ1) is 17.2. The predicted octanol–water partition coefficient (Wildman–Crippen LogP) is 4.27. The van der Waals surface area contributed by atoms with Gasteiger partial charge in [-0.05, 0) is 19.9 Å². The smallest absolute Gasteiger partial charge is 0.227 e. The number of rotatable bonds is 5. The lowest BCUT2D eigenvalue weighted by molar-refractivity contribution is 0.415. The Kier molecular flexibility index (Phi) is 4.85. The molecular formula is C17H16ClFN5O. The molecule has 6 nitrogen and oxygen atoms in total. The van der Waals surface area contributed by atoms with Crippen LogP contribution in [0.1, 0.15) is 19.9 Å². The molecule has 0 atom stereocenters. The average molecular weight is 361 g/mol. The minimum absolute atomic E-state index is 0.222. The lowest BCUT2D eigenvalue weighted by Gasteiger charge is -2.11. The first-order valence-corrected chi connectivity index (χ1v) is 7.95. The van der Waals surface area contributed by atoms with Crippen LogP contribution in [0.15, 0.2) is 30.7 Å². The van der Waals surface area contributed by atoms with Gasteiger partial charge in [-0.25, -0.2) is 14.4 Å². The van der Waals surface area contributed by atoms with Crippen molar-refractivity contribution in [1.82, 2.24) is 19.7 Å². The third-order valence-electron chi connectivity index (χ3n) is 3.49.